The topological polar surface area (TPSA) is 90.5 Å². The smallest absolute Gasteiger partial charge is 0.241 e. The van der Waals surface area contributed by atoms with Gasteiger partial charge in [-0.05, 0) is 61.9 Å². The lowest BCUT2D eigenvalue weighted by atomic mass is 10.1. The number of nitrogens with zero attached hydrogens (tertiary/aromatic N) is 4. The SMILES string of the molecule is CCN(C(=O)CCCC(=O)Nc1cccc2nc3ccccc3nc12)N1c2ccccc2Nc2ccccc21. The summed E-state index contributed by atoms with van der Waals surface area (Å²) in [5.74, 6) is -0.203. The van der Waals surface area contributed by atoms with Crippen LogP contribution in [0.15, 0.2) is 91.0 Å². The minimum Gasteiger partial charge on any atom is -0.352 e. The molecule has 0 aliphatic carbocycles. The van der Waals surface area contributed by atoms with Crippen molar-refractivity contribution in [3.63, 3.8) is 0 Å². The highest BCUT2D eigenvalue weighted by Gasteiger charge is 2.29. The molecule has 0 bridgehead atoms. The molecule has 2 amide bonds. The summed E-state index contributed by atoms with van der Waals surface area (Å²) in [4.78, 5) is 35.7. The van der Waals surface area contributed by atoms with E-state index in [-0.39, 0.29) is 24.7 Å². The van der Waals surface area contributed by atoms with Crippen molar-refractivity contribution in [2.24, 2.45) is 0 Å². The third-order valence-corrected chi connectivity index (χ3v) is 6.80. The maximum Gasteiger partial charge on any atom is 0.241 e. The lowest BCUT2D eigenvalue weighted by Gasteiger charge is -2.40. The van der Waals surface area contributed by atoms with Crippen LogP contribution in [0.4, 0.5) is 28.4 Å². The number of anilines is 5. The molecule has 6 rings (SSSR count). The molecule has 8 nitrogen and oxygen atoms in total. The lowest BCUT2D eigenvalue weighted by molar-refractivity contribution is -0.131. The first kappa shape index (κ1) is 24.4. The monoisotopic (exact) mass is 516 g/mol. The van der Waals surface area contributed by atoms with Gasteiger partial charge in [0, 0.05) is 19.4 Å². The molecule has 2 N–H and O–H groups in total. The maximum atomic E-state index is 13.4. The lowest BCUT2D eigenvalue weighted by Crippen LogP contribution is -2.45. The molecule has 194 valence electrons. The fourth-order valence-corrected chi connectivity index (χ4v) is 4.98. The quantitative estimate of drug-likeness (QED) is 0.238. The summed E-state index contributed by atoms with van der Waals surface area (Å²) in [6.07, 6.45) is 0.890. The second-order valence-corrected chi connectivity index (χ2v) is 9.37. The molecule has 1 aliphatic rings. The Bertz CT molecular complexity index is 1660. The second-order valence-electron chi connectivity index (χ2n) is 9.37. The highest BCUT2D eigenvalue weighted by atomic mass is 16.2. The van der Waals surface area contributed by atoms with Crippen molar-refractivity contribution in [3.05, 3.63) is 91.0 Å². The summed E-state index contributed by atoms with van der Waals surface area (Å²) in [7, 11) is 0. The second kappa shape index (κ2) is 10.4. The van der Waals surface area contributed by atoms with E-state index in [4.69, 9.17) is 4.98 Å². The molecule has 5 aromatic rings. The molecule has 0 atom stereocenters. The minimum atomic E-state index is -0.161. The van der Waals surface area contributed by atoms with Crippen LogP contribution in [0.1, 0.15) is 26.2 Å². The number of carbonyl (C=O) groups is 2. The predicted molar refractivity (Wildman–Crippen MR) is 155 cm³/mol. The molecule has 0 unspecified atom stereocenters. The van der Waals surface area contributed by atoms with E-state index in [0.717, 1.165) is 39.3 Å². The van der Waals surface area contributed by atoms with Gasteiger partial charge in [0.1, 0.15) is 5.52 Å². The van der Waals surface area contributed by atoms with Crippen LogP contribution < -0.4 is 15.6 Å². The summed E-state index contributed by atoms with van der Waals surface area (Å²) in [5, 5.41) is 10.1. The number of para-hydroxylation sites is 7. The van der Waals surface area contributed by atoms with Gasteiger partial charge in [-0.3, -0.25) is 9.59 Å². The average Bonchev–Trinajstić information content (AvgIpc) is 2.96. The molecule has 4 aromatic carbocycles. The van der Waals surface area contributed by atoms with Gasteiger partial charge in [-0.15, -0.1) is 0 Å². The van der Waals surface area contributed by atoms with Crippen molar-refractivity contribution in [2.45, 2.75) is 26.2 Å². The van der Waals surface area contributed by atoms with E-state index in [1.807, 2.05) is 103 Å². The first-order valence-corrected chi connectivity index (χ1v) is 13.1. The van der Waals surface area contributed by atoms with Gasteiger partial charge in [0.25, 0.3) is 0 Å². The normalized spacial score (nSPS) is 12.0. The van der Waals surface area contributed by atoms with E-state index in [9.17, 15) is 9.59 Å². The Labute approximate surface area is 226 Å². The van der Waals surface area contributed by atoms with E-state index in [2.05, 4.69) is 15.6 Å². The van der Waals surface area contributed by atoms with Crippen LogP contribution in [0.5, 0.6) is 0 Å². The van der Waals surface area contributed by atoms with Gasteiger partial charge >= 0.3 is 0 Å². The molecule has 0 radical (unpaired) electrons. The van der Waals surface area contributed by atoms with Crippen LogP contribution in [-0.2, 0) is 9.59 Å². The van der Waals surface area contributed by atoms with Gasteiger partial charge in [0.2, 0.25) is 11.8 Å². The predicted octanol–water partition coefficient (Wildman–Crippen LogP) is 6.55. The molecule has 1 aliphatic heterocycles. The summed E-state index contributed by atoms with van der Waals surface area (Å²) in [6.45, 7) is 2.46. The Morgan fingerprint density at radius 2 is 1.38 bits per heavy atom. The van der Waals surface area contributed by atoms with Gasteiger partial charge in [-0.25, -0.2) is 20.0 Å². The summed E-state index contributed by atoms with van der Waals surface area (Å²) < 4.78 is 0. The molecular formula is C31H28N6O2. The van der Waals surface area contributed by atoms with Crippen LogP contribution in [0.2, 0.25) is 0 Å². The Balaban J connectivity index is 1.14. The molecule has 1 aromatic heterocycles. The van der Waals surface area contributed by atoms with Crippen molar-refractivity contribution in [1.82, 2.24) is 15.0 Å². The van der Waals surface area contributed by atoms with E-state index in [0.29, 0.717) is 24.2 Å². The van der Waals surface area contributed by atoms with Crippen molar-refractivity contribution in [1.29, 1.82) is 0 Å². The minimum absolute atomic E-state index is 0.0423. The Morgan fingerprint density at radius 1 is 0.769 bits per heavy atom. The third kappa shape index (κ3) is 4.72. The number of amides is 2. The molecular weight excluding hydrogens is 488 g/mol. The zero-order chi connectivity index (χ0) is 26.8. The van der Waals surface area contributed by atoms with Crippen molar-refractivity contribution in [3.8, 4) is 0 Å². The first-order chi connectivity index (χ1) is 19.1. The zero-order valence-corrected chi connectivity index (χ0v) is 21.6. The van der Waals surface area contributed by atoms with Crippen molar-refractivity contribution < 1.29 is 9.59 Å². The average molecular weight is 517 g/mol. The van der Waals surface area contributed by atoms with Crippen LogP contribution in [-0.4, -0.2) is 33.3 Å². The van der Waals surface area contributed by atoms with Crippen molar-refractivity contribution in [2.75, 3.05) is 22.2 Å². The van der Waals surface area contributed by atoms with E-state index < -0.39 is 0 Å². The Hall–Kier alpha value is -4.98. The van der Waals surface area contributed by atoms with Gasteiger partial charge in [0.05, 0.1) is 45.0 Å². The van der Waals surface area contributed by atoms with Gasteiger partial charge in [-0.1, -0.05) is 42.5 Å². The molecule has 0 saturated heterocycles. The number of hydrogen-bond acceptors (Lipinski definition) is 6. The number of hydrazine groups is 1. The van der Waals surface area contributed by atoms with Gasteiger partial charge < -0.3 is 10.6 Å². The highest BCUT2D eigenvalue weighted by molar-refractivity contribution is 6.01. The number of benzene rings is 4. The molecule has 39 heavy (non-hydrogen) atoms. The summed E-state index contributed by atoms with van der Waals surface area (Å²) >= 11 is 0. The number of fused-ring (bicyclic) bond motifs is 4. The fraction of sp³-hybridized carbons (Fsp3) is 0.161. The van der Waals surface area contributed by atoms with E-state index >= 15 is 0 Å². The van der Waals surface area contributed by atoms with Gasteiger partial charge in [0.15, 0.2) is 0 Å². The van der Waals surface area contributed by atoms with Crippen LogP contribution in [0.3, 0.4) is 0 Å². The van der Waals surface area contributed by atoms with Crippen LogP contribution >= 0.6 is 0 Å². The Kier molecular flexibility index (Phi) is 6.50. The van der Waals surface area contributed by atoms with E-state index in [1.165, 1.54) is 0 Å². The third-order valence-electron chi connectivity index (χ3n) is 6.80. The van der Waals surface area contributed by atoms with Crippen molar-refractivity contribution >= 4 is 62.3 Å². The number of carbonyl (C=O) groups excluding carboxylic acids is 2. The maximum absolute atomic E-state index is 13.4. The van der Waals surface area contributed by atoms with E-state index in [1.54, 1.807) is 5.01 Å². The first-order valence-electron chi connectivity index (χ1n) is 13.1. The molecule has 8 heteroatoms. The van der Waals surface area contributed by atoms with Gasteiger partial charge in [-0.2, -0.15) is 0 Å². The molecule has 0 spiro atoms. The Morgan fingerprint density at radius 3 is 2.08 bits per heavy atom. The number of nitrogens with one attached hydrogen (secondary N) is 2. The molecule has 2 heterocycles. The number of rotatable bonds is 7. The molecule has 0 saturated carbocycles. The summed E-state index contributed by atoms with van der Waals surface area (Å²) in [6, 6.07) is 29.1. The fourth-order valence-electron chi connectivity index (χ4n) is 4.98. The standard InChI is InChI=1S/C31H28N6O2/c1-2-36(37-27-17-7-5-13-23(27)33-24-14-6-8-18-28(24)37)30(39)20-10-19-29(38)34-26-16-9-15-25-31(26)35-22-12-4-3-11-21(22)32-25/h3-9,11-18,33H,2,10,19-20H2,1H3,(H,34,38). The number of aromatic nitrogens is 2. The zero-order valence-electron chi connectivity index (χ0n) is 21.6. The largest absolute Gasteiger partial charge is 0.352 e. The summed E-state index contributed by atoms with van der Waals surface area (Å²) in [5.41, 5.74) is 7.26. The molecule has 0 fully saturated rings. The number of hydrogen-bond donors (Lipinski definition) is 2. The van der Waals surface area contributed by atoms with Crippen LogP contribution in [0.25, 0.3) is 22.1 Å². The highest BCUT2D eigenvalue weighted by Crippen LogP contribution is 2.44. The van der Waals surface area contributed by atoms with Crippen LogP contribution in [0, 0.1) is 0 Å².